The van der Waals surface area contributed by atoms with Crippen LogP contribution in [0.5, 0.6) is 5.75 Å². The van der Waals surface area contributed by atoms with Crippen LogP contribution in [0.3, 0.4) is 0 Å². The summed E-state index contributed by atoms with van der Waals surface area (Å²) in [6, 6.07) is 6.14. The molecule has 0 fully saturated rings. The van der Waals surface area contributed by atoms with E-state index in [4.69, 9.17) is 10.2 Å². The standard InChI is InChI=1S/C10H10O4.Ba.2H/c1-14-9(10(12)13)6-7-2-4-8(11)5-3-7;;;/h2-6,11H,1H3,(H,12,13);;;/q;+2;2*-1. The van der Waals surface area contributed by atoms with Crippen molar-refractivity contribution in [1.29, 1.82) is 0 Å². The molecule has 0 heterocycles. The van der Waals surface area contributed by atoms with Crippen molar-refractivity contribution >= 4 is 60.9 Å². The Hall–Kier alpha value is -0.399. The summed E-state index contributed by atoms with van der Waals surface area (Å²) >= 11 is 0. The van der Waals surface area contributed by atoms with E-state index in [1.165, 1.54) is 25.3 Å². The van der Waals surface area contributed by atoms with Gasteiger partial charge in [-0.25, -0.2) is 4.79 Å². The van der Waals surface area contributed by atoms with Crippen molar-refractivity contribution in [3.8, 4) is 5.75 Å². The number of methoxy groups -OCH3 is 1. The van der Waals surface area contributed by atoms with Crippen LogP contribution in [-0.2, 0) is 9.53 Å². The Morgan fingerprint density at radius 2 is 1.93 bits per heavy atom. The molecule has 0 saturated carbocycles. The molecule has 78 valence electrons. The molecule has 1 aromatic rings. The number of hydrogen-bond donors (Lipinski definition) is 2. The van der Waals surface area contributed by atoms with E-state index in [-0.39, 0.29) is 63.2 Å². The van der Waals surface area contributed by atoms with Crippen molar-refractivity contribution in [2.75, 3.05) is 7.11 Å². The number of benzene rings is 1. The SMILES string of the molecule is COC(=Cc1ccc(O)cc1)C(=O)O.[Ba+2].[H-].[H-]. The van der Waals surface area contributed by atoms with Gasteiger partial charge in [-0.1, -0.05) is 12.1 Å². The third kappa shape index (κ3) is 4.76. The van der Waals surface area contributed by atoms with Crippen molar-refractivity contribution < 1.29 is 22.6 Å². The number of aromatic hydroxyl groups is 1. The molecule has 15 heavy (non-hydrogen) atoms. The molecule has 0 amide bonds. The zero-order valence-electron chi connectivity index (χ0n) is 10.3. The summed E-state index contributed by atoms with van der Waals surface area (Å²) in [6.07, 6.45) is 1.38. The average Bonchev–Trinajstić information content (AvgIpc) is 2.16. The monoisotopic (exact) mass is 334 g/mol. The first-order chi connectivity index (χ1) is 6.63. The second-order valence-corrected chi connectivity index (χ2v) is 2.61. The number of carboxylic acids is 1. The normalized spacial score (nSPS) is 10.3. The number of rotatable bonds is 3. The summed E-state index contributed by atoms with van der Waals surface area (Å²) in [7, 11) is 1.29. The average molecular weight is 334 g/mol. The number of phenolic OH excluding ortho intramolecular Hbond substituents is 1. The van der Waals surface area contributed by atoms with Crippen LogP contribution in [0.4, 0.5) is 0 Å². The molecule has 4 nitrogen and oxygen atoms in total. The first-order valence-corrected chi connectivity index (χ1v) is 3.91. The predicted octanol–water partition coefficient (Wildman–Crippen LogP) is 1.31. The maximum atomic E-state index is 10.6. The Kier molecular flexibility index (Phi) is 6.79. The first-order valence-electron chi connectivity index (χ1n) is 3.91. The Balaban J connectivity index is -0.000000653. The van der Waals surface area contributed by atoms with Crippen LogP contribution in [0.2, 0.25) is 0 Å². The van der Waals surface area contributed by atoms with Crippen LogP contribution < -0.4 is 0 Å². The minimum Gasteiger partial charge on any atom is -1.00 e. The van der Waals surface area contributed by atoms with Gasteiger partial charge in [0.1, 0.15) is 5.75 Å². The minimum absolute atomic E-state index is 0. The molecule has 0 spiro atoms. The Morgan fingerprint density at radius 1 is 1.40 bits per heavy atom. The molecule has 5 heteroatoms. The quantitative estimate of drug-likeness (QED) is 0.497. The summed E-state index contributed by atoms with van der Waals surface area (Å²) in [5.74, 6) is -1.13. The van der Waals surface area contributed by atoms with E-state index in [0.717, 1.165) is 0 Å². The van der Waals surface area contributed by atoms with Crippen molar-refractivity contribution in [1.82, 2.24) is 0 Å². The van der Waals surface area contributed by atoms with Crippen LogP contribution in [0, 0.1) is 0 Å². The summed E-state index contributed by atoms with van der Waals surface area (Å²) < 4.78 is 4.64. The molecule has 1 aromatic carbocycles. The van der Waals surface area contributed by atoms with Crippen LogP contribution in [0.15, 0.2) is 30.0 Å². The van der Waals surface area contributed by atoms with E-state index in [2.05, 4.69) is 4.74 Å². The fourth-order valence-corrected chi connectivity index (χ4v) is 0.930. The van der Waals surface area contributed by atoms with Gasteiger partial charge in [0.05, 0.1) is 7.11 Å². The van der Waals surface area contributed by atoms with E-state index in [1.807, 2.05) is 0 Å². The van der Waals surface area contributed by atoms with Crippen molar-refractivity contribution in [2.45, 2.75) is 0 Å². The number of aliphatic carboxylic acids is 1. The third-order valence-corrected chi connectivity index (χ3v) is 1.62. The van der Waals surface area contributed by atoms with Gasteiger partial charge in [-0.2, -0.15) is 0 Å². The van der Waals surface area contributed by atoms with Crippen molar-refractivity contribution in [2.24, 2.45) is 0 Å². The van der Waals surface area contributed by atoms with Crippen LogP contribution in [0.25, 0.3) is 6.08 Å². The zero-order chi connectivity index (χ0) is 10.6. The Morgan fingerprint density at radius 3 is 2.33 bits per heavy atom. The van der Waals surface area contributed by atoms with Gasteiger partial charge >= 0.3 is 54.9 Å². The molecule has 0 aliphatic carbocycles. The summed E-state index contributed by atoms with van der Waals surface area (Å²) in [5, 5.41) is 17.6. The molecule has 0 unspecified atom stereocenters. The maximum absolute atomic E-state index is 10.6. The van der Waals surface area contributed by atoms with E-state index in [1.54, 1.807) is 12.1 Å². The van der Waals surface area contributed by atoms with Gasteiger partial charge in [-0.3, -0.25) is 0 Å². The zero-order valence-corrected chi connectivity index (χ0v) is 12.7. The van der Waals surface area contributed by atoms with Gasteiger partial charge in [-0.15, -0.1) is 0 Å². The molecule has 1 rings (SSSR count). The molecule has 0 aliphatic rings. The molecule has 0 saturated heterocycles. The maximum Gasteiger partial charge on any atom is 2.00 e. The van der Waals surface area contributed by atoms with E-state index in [9.17, 15) is 4.79 Å². The summed E-state index contributed by atoms with van der Waals surface area (Å²) in [5.41, 5.74) is 0.655. The molecular formula is C10H12BaO4. The topological polar surface area (TPSA) is 66.8 Å². The molecular weight excluding hydrogens is 321 g/mol. The Labute approximate surface area is 131 Å². The van der Waals surface area contributed by atoms with Crippen LogP contribution in [-0.4, -0.2) is 72.2 Å². The van der Waals surface area contributed by atoms with Crippen molar-refractivity contribution in [3.05, 3.63) is 35.6 Å². The predicted molar refractivity (Wildman–Crippen MR) is 58.7 cm³/mol. The second-order valence-electron chi connectivity index (χ2n) is 2.61. The number of carboxylic acid groups (broad SMARTS) is 1. The summed E-state index contributed by atoms with van der Waals surface area (Å²) in [4.78, 5) is 10.6. The Bertz CT molecular complexity index is 365. The molecule has 0 bridgehead atoms. The van der Waals surface area contributed by atoms with E-state index < -0.39 is 5.97 Å². The molecule has 0 aliphatic heterocycles. The third-order valence-electron chi connectivity index (χ3n) is 1.62. The number of ether oxygens (including phenoxy) is 1. The van der Waals surface area contributed by atoms with Gasteiger partial charge in [0, 0.05) is 0 Å². The fourth-order valence-electron chi connectivity index (χ4n) is 0.930. The largest absolute Gasteiger partial charge is 2.00 e. The number of carbonyl (C=O) groups is 1. The van der Waals surface area contributed by atoms with E-state index >= 15 is 0 Å². The first kappa shape index (κ1) is 14.6. The van der Waals surface area contributed by atoms with E-state index in [0.29, 0.717) is 5.56 Å². The molecule has 0 atom stereocenters. The van der Waals surface area contributed by atoms with Gasteiger partial charge in [0.2, 0.25) is 5.76 Å². The fraction of sp³-hybridized carbons (Fsp3) is 0.100. The van der Waals surface area contributed by atoms with Crippen LogP contribution in [0.1, 0.15) is 8.42 Å². The van der Waals surface area contributed by atoms with Gasteiger partial charge < -0.3 is 17.8 Å². The van der Waals surface area contributed by atoms with Gasteiger partial charge in [-0.05, 0) is 23.8 Å². The van der Waals surface area contributed by atoms with Gasteiger partial charge in [0.15, 0.2) is 0 Å². The minimum atomic E-state index is -1.12. The van der Waals surface area contributed by atoms with Gasteiger partial charge in [0.25, 0.3) is 0 Å². The number of hydrogen-bond acceptors (Lipinski definition) is 3. The molecule has 0 radical (unpaired) electrons. The second kappa shape index (κ2) is 6.97. The molecule has 0 aromatic heterocycles. The van der Waals surface area contributed by atoms with Crippen LogP contribution >= 0.6 is 0 Å². The molecule has 2 N–H and O–H groups in total. The summed E-state index contributed by atoms with van der Waals surface area (Å²) in [6.45, 7) is 0. The smallest absolute Gasteiger partial charge is 1.00 e. The number of phenols is 1. The van der Waals surface area contributed by atoms with Crippen molar-refractivity contribution in [3.63, 3.8) is 0 Å².